The van der Waals surface area contributed by atoms with Crippen LogP contribution < -0.4 is 15.2 Å². The molecule has 1 aliphatic heterocycles. The molecule has 2 heterocycles. The van der Waals surface area contributed by atoms with E-state index >= 15 is 0 Å². The van der Waals surface area contributed by atoms with Crippen LogP contribution >= 0.6 is 22.6 Å². The molecule has 0 spiro atoms. The molecule has 0 saturated carbocycles. The predicted octanol–water partition coefficient (Wildman–Crippen LogP) is 8.44. The molecule has 3 aromatic rings. The molecule has 0 aliphatic carbocycles. The molecule has 55 heavy (non-hydrogen) atoms. The summed E-state index contributed by atoms with van der Waals surface area (Å²) in [5.41, 5.74) is 7.62. The largest absolute Gasteiger partial charge is 0.543 e. The molecule has 13 heteroatoms. The van der Waals surface area contributed by atoms with Crippen molar-refractivity contribution in [2.24, 2.45) is 5.41 Å². The van der Waals surface area contributed by atoms with Gasteiger partial charge in [0.25, 0.3) is 14.2 Å². The minimum absolute atomic E-state index is 0.0647. The number of alkyl carbamates (subject to hydrolysis) is 1. The van der Waals surface area contributed by atoms with Crippen LogP contribution in [0, 0.1) is 9.12 Å². The van der Waals surface area contributed by atoms with Crippen LogP contribution in [0.5, 0.6) is 5.75 Å². The van der Waals surface area contributed by atoms with Gasteiger partial charge in [0.05, 0.1) is 17.4 Å². The summed E-state index contributed by atoms with van der Waals surface area (Å²) in [6, 6.07) is 10.5. The van der Waals surface area contributed by atoms with Crippen molar-refractivity contribution in [1.82, 2.24) is 20.7 Å². The van der Waals surface area contributed by atoms with Crippen molar-refractivity contribution in [2.45, 2.75) is 123 Å². The van der Waals surface area contributed by atoms with Gasteiger partial charge in [-0.2, -0.15) is 0 Å². The summed E-state index contributed by atoms with van der Waals surface area (Å²) in [4.78, 5) is 43.5. The van der Waals surface area contributed by atoms with E-state index in [-0.39, 0.29) is 25.0 Å². The van der Waals surface area contributed by atoms with Gasteiger partial charge < -0.3 is 29.3 Å². The Morgan fingerprint density at radius 1 is 0.982 bits per heavy atom. The van der Waals surface area contributed by atoms with E-state index in [9.17, 15) is 19.5 Å². The number of amides is 2. The van der Waals surface area contributed by atoms with E-state index in [2.05, 4.69) is 118 Å². The summed E-state index contributed by atoms with van der Waals surface area (Å²) < 4.78 is 18.8. The van der Waals surface area contributed by atoms with Crippen molar-refractivity contribution < 1.29 is 33.4 Å². The average molecular weight is 889 g/mol. The molecule has 4 rings (SSSR count). The van der Waals surface area contributed by atoms with Crippen LogP contribution in [0.25, 0.3) is 22.0 Å². The molecule has 302 valence electrons. The molecule has 1 unspecified atom stereocenters. The summed E-state index contributed by atoms with van der Waals surface area (Å²) in [5, 5.41) is 15.3. The van der Waals surface area contributed by atoms with Crippen LogP contribution in [0.2, 0.25) is 16.6 Å². The van der Waals surface area contributed by atoms with Gasteiger partial charge >= 0.3 is 12.1 Å². The second-order valence-electron chi connectivity index (χ2n) is 17.4. The summed E-state index contributed by atoms with van der Waals surface area (Å²) in [6.07, 6.45) is 3.45. The number of fused-ring (bicyclic) bond motifs is 1. The molecular weight excluding hydrogens is 827 g/mol. The highest BCUT2D eigenvalue weighted by molar-refractivity contribution is 14.1. The first-order valence-electron chi connectivity index (χ1n) is 19.2. The van der Waals surface area contributed by atoms with Crippen molar-refractivity contribution in [1.29, 1.82) is 0 Å². The van der Waals surface area contributed by atoms with E-state index in [4.69, 9.17) is 13.9 Å². The maximum Gasteiger partial charge on any atom is 0.408 e. The van der Waals surface area contributed by atoms with Gasteiger partial charge in [-0.05, 0) is 118 Å². The standard InChI is InChI=1S/C42H61IN4O7Si/c1-25(2)55(26(3)4,27(5)6)54-31-19-28(18-30(21-31)29-15-16-34-32(22-29)33(37(43)44-34)23-42(10,11)24-48)20-36(45-40(51)53-41(7,8)9)38(49)47-17-13-14-35(46-47)39(50)52-12/h13-16,18-19,21-22,25-27,35-36,44,46,48H,17,20,23-24H2,1-12H3,(H,45,51)/t35?,36-/m0/s1. The first kappa shape index (κ1) is 44.3. The van der Waals surface area contributed by atoms with E-state index in [0.717, 1.165) is 36.9 Å². The fourth-order valence-corrected chi connectivity index (χ4v) is 13.7. The Morgan fingerprint density at radius 2 is 1.64 bits per heavy atom. The highest BCUT2D eigenvalue weighted by atomic mass is 127. The molecule has 11 nitrogen and oxygen atoms in total. The molecular formula is C42H61IN4O7Si. The first-order valence-corrected chi connectivity index (χ1v) is 22.4. The quantitative estimate of drug-likeness (QED) is 0.0547. The molecule has 4 N–H and O–H groups in total. The summed E-state index contributed by atoms with van der Waals surface area (Å²) in [6.45, 7) is 23.1. The number of rotatable bonds is 14. The van der Waals surface area contributed by atoms with Crippen molar-refractivity contribution in [3.8, 4) is 16.9 Å². The second-order valence-corrected chi connectivity index (χ2v) is 23.8. The highest BCUT2D eigenvalue weighted by Crippen LogP contribution is 2.44. The van der Waals surface area contributed by atoms with E-state index in [1.54, 1.807) is 32.9 Å². The molecule has 0 radical (unpaired) electrons. The lowest BCUT2D eigenvalue weighted by Crippen LogP contribution is -2.59. The highest BCUT2D eigenvalue weighted by Gasteiger charge is 2.47. The van der Waals surface area contributed by atoms with Gasteiger partial charge in [0.15, 0.2) is 0 Å². The maximum absolute atomic E-state index is 14.3. The average Bonchev–Trinajstić information content (AvgIpc) is 3.41. The Bertz CT molecular complexity index is 1860. The monoisotopic (exact) mass is 888 g/mol. The summed E-state index contributed by atoms with van der Waals surface area (Å²) in [5.74, 6) is -0.259. The van der Waals surface area contributed by atoms with E-state index in [1.807, 2.05) is 12.1 Å². The lowest BCUT2D eigenvalue weighted by Gasteiger charge is -2.42. The second kappa shape index (κ2) is 17.8. The fourth-order valence-electron chi connectivity index (χ4n) is 7.72. The summed E-state index contributed by atoms with van der Waals surface area (Å²) in [7, 11) is -1.12. The molecule has 0 saturated heterocycles. The van der Waals surface area contributed by atoms with E-state index < -0.39 is 44.0 Å². The number of hydrogen-bond acceptors (Lipinski definition) is 8. The Hall–Kier alpha value is -3.40. The zero-order valence-corrected chi connectivity index (χ0v) is 37.7. The number of H-pyrrole nitrogens is 1. The molecule has 1 aromatic heterocycles. The maximum atomic E-state index is 14.3. The van der Waals surface area contributed by atoms with Gasteiger partial charge in [0.2, 0.25) is 0 Å². The minimum atomic E-state index is -2.42. The lowest BCUT2D eigenvalue weighted by molar-refractivity contribution is -0.146. The van der Waals surface area contributed by atoms with Gasteiger partial charge in [-0.15, -0.1) is 0 Å². The molecule has 2 atom stereocenters. The number of nitrogens with one attached hydrogen (secondary N) is 3. The normalized spacial score (nSPS) is 15.9. The number of hydrazine groups is 1. The Labute approximate surface area is 341 Å². The molecule has 0 fully saturated rings. The molecule has 0 bridgehead atoms. The lowest BCUT2D eigenvalue weighted by atomic mass is 9.86. The van der Waals surface area contributed by atoms with Crippen molar-refractivity contribution in [3.63, 3.8) is 0 Å². The zero-order valence-electron chi connectivity index (χ0n) is 34.6. The Morgan fingerprint density at radius 3 is 2.22 bits per heavy atom. The number of aromatic nitrogens is 1. The first-order chi connectivity index (χ1) is 25.6. The molecule has 2 amide bonds. The van der Waals surface area contributed by atoms with Crippen LogP contribution in [0.4, 0.5) is 4.79 Å². The van der Waals surface area contributed by atoms with Crippen LogP contribution in [0.3, 0.4) is 0 Å². The fraction of sp³-hybridized carbons (Fsp3) is 0.548. The van der Waals surface area contributed by atoms with Crippen molar-refractivity contribution >= 4 is 59.8 Å². The predicted molar refractivity (Wildman–Crippen MR) is 229 cm³/mol. The topological polar surface area (TPSA) is 142 Å². The van der Waals surface area contributed by atoms with Gasteiger partial charge in [0.1, 0.15) is 23.4 Å². The number of halogens is 1. The number of carbonyl (C=O) groups is 3. The van der Waals surface area contributed by atoms with Crippen LogP contribution in [0.15, 0.2) is 48.6 Å². The smallest absolute Gasteiger partial charge is 0.408 e. The SMILES string of the molecule is COC(=O)C1C=CCN(C(=O)[C@H](Cc2cc(O[Si](C(C)C)(C(C)C)C(C)C)cc(-c3ccc4[nH]c(I)c(CC(C)(C)CO)c4c3)c2)NC(=O)OC(C)(C)C)N1. The minimum Gasteiger partial charge on any atom is -0.543 e. The number of carbonyl (C=O) groups excluding carboxylic acids is 3. The van der Waals surface area contributed by atoms with E-state index in [1.165, 1.54) is 12.1 Å². The third kappa shape index (κ3) is 10.7. The van der Waals surface area contributed by atoms with Crippen LogP contribution in [-0.4, -0.2) is 79.3 Å². The molecule has 1 aliphatic rings. The van der Waals surface area contributed by atoms with Crippen molar-refractivity contribution in [3.05, 3.63) is 63.4 Å². The number of benzene rings is 2. The number of esters is 1. The number of nitrogens with zero attached hydrogens (tertiary/aromatic N) is 1. The third-order valence-corrected chi connectivity index (χ3v) is 17.2. The van der Waals surface area contributed by atoms with Gasteiger partial charge in [-0.25, -0.2) is 15.0 Å². The van der Waals surface area contributed by atoms with Gasteiger partial charge in [-0.3, -0.25) is 9.80 Å². The number of ether oxygens (including phenoxy) is 2. The van der Waals surface area contributed by atoms with Crippen LogP contribution in [-0.2, 0) is 31.9 Å². The zero-order chi connectivity index (χ0) is 41.0. The van der Waals surface area contributed by atoms with Crippen molar-refractivity contribution in [2.75, 3.05) is 20.3 Å². The Balaban J connectivity index is 1.87. The van der Waals surface area contributed by atoms with Gasteiger partial charge in [-0.1, -0.05) is 79.7 Å². The van der Waals surface area contributed by atoms with Gasteiger partial charge in [0, 0.05) is 23.9 Å². The van der Waals surface area contributed by atoms with E-state index in [0.29, 0.717) is 28.8 Å². The Kier molecular flexibility index (Phi) is 14.3. The van der Waals surface area contributed by atoms with Crippen LogP contribution in [0.1, 0.15) is 87.3 Å². The number of methoxy groups -OCH3 is 1. The number of aliphatic hydroxyl groups excluding tert-OH is 1. The number of hydrogen-bond donors (Lipinski definition) is 4. The summed E-state index contributed by atoms with van der Waals surface area (Å²) >= 11 is 2.33. The molecule has 2 aromatic carbocycles. The number of aliphatic hydroxyl groups is 1. The third-order valence-electron chi connectivity index (χ3n) is 10.3. The number of aromatic amines is 1.